The van der Waals surface area contributed by atoms with Crippen LogP contribution in [0, 0.1) is 12.7 Å². The van der Waals surface area contributed by atoms with Gasteiger partial charge in [0.25, 0.3) is 0 Å². The second kappa shape index (κ2) is 5.42. The molecule has 21 heavy (non-hydrogen) atoms. The molecule has 1 aromatic carbocycles. The third-order valence-electron chi connectivity index (χ3n) is 3.34. The third-order valence-corrected chi connectivity index (χ3v) is 4.16. The van der Waals surface area contributed by atoms with E-state index >= 15 is 0 Å². The summed E-state index contributed by atoms with van der Waals surface area (Å²) in [6, 6.07) is 4.59. The fraction of sp³-hybridized carbons (Fsp3) is 0.286. The van der Waals surface area contributed by atoms with Crippen LogP contribution in [0.2, 0.25) is 0 Å². The van der Waals surface area contributed by atoms with Gasteiger partial charge in [0.15, 0.2) is 5.65 Å². The smallest absolute Gasteiger partial charge is 0.163 e. The number of nitrogens with zero attached hydrogens (tertiary/aromatic N) is 4. The molecule has 0 bridgehead atoms. The number of aromatic nitrogens is 4. The maximum atomic E-state index is 13.3. The first kappa shape index (κ1) is 14.5. The molecule has 0 N–H and O–H groups in total. The minimum atomic E-state index is -0.290. The molecule has 0 aliphatic carbocycles. The van der Waals surface area contributed by atoms with Crippen LogP contribution < -0.4 is 0 Å². The van der Waals surface area contributed by atoms with Crippen molar-refractivity contribution in [1.82, 2.24) is 19.3 Å². The minimum Gasteiger partial charge on any atom is -0.280 e. The van der Waals surface area contributed by atoms with Crippen molar-refractivity contribution in [1.29, 1.82) is 0 Å². The van der Waals surface area contributed by atoms with Gasteiger partial charge in [0.2, 0.25) is 0 Å². The van der Waals surface area contributed by atoms with Crippen LogP contribution in [0.4, 0.5) is 4.39 Å². The van der Waals surface area contributed by atoms with Gasteiger partial charge in [-0.25, -0.2) is 14.1 Å². The van der Waals surface area contributed by atoms with Gasteiger partial charge >= 0.3 is 0 Å². The van der Waals surface area contributed by atoms with Gasteiger partial charge < -0.3 is 0 Å². The fourth-order valence-corrected chi connectivity index (χ4v) is 3.18. The predicted octanol–water partition coefficient (Wildman–Crippen LogP) is 3.75. The third kappa shape index (κ3) is 2.36. The van der Waals surface area contributed by atoms with Crippen molar-refractivity contribution in [2.75, 3.05) is 5.88 Å². The van der Waals surface area contributed by atoms with Crippen LogP contribution in [0.25, 0.3) is 16.9 Å². The van der Waals surface area contributed by atoms with Gasteiger partial charge in [-0.1, -0.05) is 0 Å². The summed E-state index contributed by atoms with van der Waals surface area (Å²) in [7, 11) is 1.87. The molecule has 0 spiro atoms. The Balaban J connectivity index is 2.35. The topological polar surface area (TPSA) is 35.6 Å². The number of aryl methyl sites for hydroxylation is 3. The summed E-state index contributed by atoms with van der Waals surface area (Å²) < 4.78 is 17.8. The molecule has 0 fully saturated rings. The number of halogens is 3. The molecule has 4 nitrogen and oxygen atoms in total. The molecule has 2 heterocycles. The molecule has 0 atom stereocenters. The number of hydrogen-bond donors (Lipinski definition) is 0. The Hall–Kier alpha value is -1.40. The summed E-state index contributed by atoms with van der Waals surface area (Å²) in [6.07, 6.45) is 0.624. The lowest BCUT2D eigenvalue weighted by Crippen LogP contribution is -2.07. The average Bonchev–Trinajstić information content (AvgIpc) is 2.90. The highest BCUT2D eigenvalue weighted by Gasteiger charge is 2.19. The molecule has 0 aliphatic heterocycles. The number of imidazole rings is 1. The Labute approximate surface area is 134 Å². The van der Waals surface area contributed by atoms with Crippen molar-refractivity contribution in [3.63, 3.8) is 0 Å². The summed E-state index contributed by atoms with van der Waals surface area (Å²) >= 11 is 9.31. The molecular weight excluding hydrogens is 359 g/mol. The van der Waals surface area contributed by atoms with Gasteiger partial charge in [0, 0.05) is 23.8 Å². The highest BCUT2D eigenvalue weighted by Crippen LogP contribution is 2.29. The van der Waals surface area contributed by atoms with Crippen molar-refractivity contribution < 1.29 is 4.39 Å². The van der Waals surface area contributed by atoms with Crippen molar-refractivity contribution in [3.8, 4) is 5.69 Å². The second-order valence-corrected chi connectivity index (χ2v) is 6.01. The molecular formula is C14H13BrClFN4. The molecule has 0 amide bonds. The largest absolute Gasteiger partial charge is 0.280 e. The number of alkyl halides is 1. The predicted molar refractivity (Wildman–Crippen MR) is 84.7 cm³/mol. The van der Waals surface area contributed by atoms with Crippen LogP contribution >= 0.6 is 27.5 Å². The van der Waals surface area contributed by atoms with E-state index < -0.39 is 0 Å². The van der Waals surface area contributed by atoms with E-state index in [9.17, 15) is 4.39 Å². The molecule has 0 saturated heterocycles. The van der Waals surface area contributed by atoms with Crippen LogP contribution in [0.1, 0.15) is 11.5 Å². The zero-order chi connectivity index (χ0) is 15.1. The normalized spacial score (nSPS) is 11.5. The number of rotatable bonds is 3. The van der Waals surface area contributed by atoms with E-state index in [-0.39, 0.29) is 5.82 Å². The first-order valence-electron chi connectivity index (χ1n) is 6.45. The lowest BCUT2D eigenvalue weighted by Gasteiger charge is -2.11. The molecule has 2 aromatic heterocycles. The minimum absolute atomic E-state index is 0.290. The van der Waals surface area contributed by atoms with Gasteiger partial charge in [-0.05, 0) is 41.1 Å². The maximum absolute atomic E-state index is 13.3. The Bertz CT molecular complexity index is 824. The standard InChI is InChI=1S/C14H13BrClFN4/c1-8-13-14(20(2)19-8)21(12(18-13)5-6-16)11-4-3-9(17)7-10(11)15/h3-4,7H,5-6H2,1-2H3. The monoisotopic (exact) mass is 370 g/mol. The summed E-state index contributed by atoms with van der Waals surface area (Å²) in [4.78, 5) is 4.64. The second-order valence-electron chi connectivity index (χ2n) is 4.78. The van der Waals surface area contributed by atoms with Crippen LogP contribution in [0.5, 0.6) is 0 Å². The number of fused-ring (bicyclic) bond motifs is 1. The summed E-state index contributed by atoms with van der Waals surface area (Å²) in [5.74, 6) is 1.01. The van der Waals surface area contributed by atoms with E-state index in [4.69, 9.17) is 11.6 Å². The van der Waals surface area contributed by atoms with Gasteiger partial charge in [0.1, 0.15) is 17.2 Å². The maximum Gasteiger partial charge on any atom is 0.163 e. The quantitative estimate of drug-likeness (QED) is 0.657. The Morgan fingerprint density at radius 2 is 2.14 bits per heavy atom. The van der Waals surface area contributed by atoms with E-state index in [0.29, 0.717) is 16.8 Å². The zero-order valence-electron chi connectivity index (χ0n) is 11.6. The van der Waals surface area contributed by atoms with Gasteiger partial charge in [0.05, 0.1) is 11.4 Å². The molecule has 0 radical (unpaired) electrons. The van der Waals surface area contributed by atoms with E-state index in [1.165, 1.54) is 12.1 Å². The first-order chi connectivity index (χ1) is 10.0. The lowest BCUT2D eigenvalue weighted by atomic mass is 10.3. The van der Waals surface area contributed by atoms with E-state index in [1.54, 1.807) is 10.7 Å². The molecule has 0 aliphatic rings. The first-order valence-corrected chi connectivity index (χ1v) is 7.78. The SMILES string of the molecule is Cc1nn(C)c2c1nc(CCCl)n2-c1ccc(F)cc1Br. The van der Waals surface area contributed by atoms with Gasteiger partial charge in [-0.15, -0.1) is 11.6 Å². The summed E-state index contributed by atoms with van der Waals surface area (Å²) in [5, 5.41) is 4.40. The van der Waals surface area contributed by atoms with Crippen LogP contribution in [0.3, 0.4) is 0 Å². The molecule has 0 unspecified atom stereocenters. The van der Waals surface area contributed by atoms with Crippen molar-refractivity contribution in [3.05, 3.63) is 40.0 Å². The van der Waals surface area contributed by atoms with Crippen LogP contribution in [-0.4, -0.2) is 25.2 Å². The Morgan fingerprint density at radius 3 is 2.81 bits per heavy atom. The highest BCUT2D eigenvalue weighted by atomic mass is 79.9. The summed E-state index contributed by atoms with van der Waals surface area (Å²) in [6.45, 7) is 1.92. The van der Waals surface area contributed by atoms with Crippen LogP contribution in [-0.2, 0) is 13.5 Å². The molecule has 3 rings (SSSR count). The van der Waals surface area contributed by atoms with E-state index in [0.717, 1.165) is 28.4 Å². The Morgan fingerprint density at radius 1 is 1.38 bits per heavy atom. The zero-order valence-corrected chi connectivity index (χ0v) is 13.9. The van der Waals surface area contributed by atoms with Crippen molar-refractivity contribution in [2.24, 2.45) is 7.05 Å². The van der Waals surface area contributed by atoms with Gasteiger partial charge in [-0.3, -0.25) is 4.57 Å². The molecule has 0 saturated carbocycles. The Kier molecular flexibility index (Phi) is 3.75. The molecule has 110 valence electrons. The molecule has 7 heteroatoms. The van der Waals surface area contributed by atoms with E-state index in [1.807, 2.05) is 18.5 Å². The average molecular weight is 372 g/mol. The van der Waals surface area contributed by atoms with Crippen LogP contribution in [0.15, 0.2) is 22.7 Å². The molecule has 3 aromatic rings. The van der Waals surface area contributed by atoms with E-state index in [2.05, 4.69) is 26.0 Å². The van der Waals surface area contributed by atoms with Crippen molar-refractivity contribution in [2.45, 2.75) is 13.3 Å². The highest BCUT2D eigenvalue weighted by molar-refractivity contribution is 9.10. The van der Waals surface area contributed by atoms with Gasteiger partial charge in [-0.2, -0.15) is 5.10 Å². The summed E-state index contributed by atoms with van der Waals surface area (Å²) in [5.41, 5.74) is 3.40. The lowest BCUT2D eigenvalue weighted by molar-refractivity contribution is 0.626. The fourth-order valence-electron chi connectivity index (χ4n) is 2.49. The number of hydrogen-bond acceptors (Lipinski definition) is 2. The van der Waals surface area contributed by atoms with Crippen molar-refractivity contribution >= 4 is 38.7 Å². The number of benzene rings is 1.